The molecular formula is C15H33N3. The van der Waals surface area contributed by atoms with Crippen LogP contribution in [0.4, 0.5) is 0 Å². The second kappa shape index (κ2) is 8.13. The fraction of sp³-hybridized carbons (Fsp3) is 1.00. The van der Waals surface area contributed by atoms with Crippen LogP contribution in [0.5, 0.6) is 0 Å². The van der Waals surface area contributed by atoms with E-state index >= 15 is 0 Å². The van der Waals surface area contributed by atoms with Gasteiger partial charge in [0.05, 0.1) is 0 Å². The van der Waals surface area contributed by atoms with Crippen LogP contribution in [-0.4, -0.2) is 55.6 Å². The minimum Gasteiger partial charge on any atom is -0.330 e. The lowest BCUT2D eigenvalue weighted by Crippen LogP contribution is -2.50. The van der Waals surface area contributed by atoms with Crippen molar-refractivity contribution in [3.05, 3.63) is 0 Å². The fourth-order valence-corrected chi connectivity index (χ4v) is 2.93. The predicted molar refractivity (Wildman–Crippen MR) is 79.8 cm³/mol. The third-order valence-corrected chi connectivity index (χ3v) is 4.57. The summed E-state index contributed by atoms with van der Waals surface area (Å²) in [7, 11) is 2.23. The van der Waals surface area contributed by atoms with Gasteiger partial charge in [-0.1, -0.05) is 13.8 Å². The molecule has 1 rings (SSSR count). The van der Waals surface area contributed by atoms with E-state index in [9.17, 15) is 0 Å². The van der Waals surface area contributed by atoms with Crippen LogP contribution in [0.3, 0.4) is 0 Å². The van der Waals surface area contributed by atoms with E-state index in [4.69, 9.17) is 5.73 Å². The van der Waals surface area contributed by atoms with Crippen molar-refractivity contribution in [3.63, 3.8) is 0 Å². The molecule has 3 heteroatoms. The molecule has 0 amide bonds. The topological polar surface area (TPSA) is 32.5 Å². The number of nitrogens with zero attached hydrogens (tertiary/aromatic N) is 2. The molecule has 1 aliphatic heterocycles. The van der Waals surface area contributed by atoms with Gasteiger partial charge in [-0.2, -0.15) is 0 Å². The largest absolute Gasteiger partial charge is 0.330 e. The summed E-state index contributed by atoms with van der Waals surface area (Å²) in [5.74, 6) is 1.60. The van der Waals surface area contributed by atoms with Crippen molar-refractivity contribution in [3.8, 4) is 0 Å². The molecule has 1 saturated heterocycles. The Bertz CT molecular complexity index is 218. The van der Waals surface area contributed by atoms with Crippen LogP contribution >= 0.6 is 0 Å². The summed E-state index contributed by atoms with van der Waals surface area (Å²) >= 11 is 0. The van der Waals surface area contributed by atoms with Crippen molar-refractivity contribution in [2.24, 2.45) is 17.6 Å². The molecule has 1 aliphatic rings. The van der Waals surface area contributed by atoms with Gasteiger partial charge in [0.25, 0.3) is 0 Å². The highest BCUT2D eigenvalue weighted by Crippen LogP contribution is 2.20. The van der Waals surface area contributed by atoms with Crippen LogP contribution in [0.2, 0.25) is 0 Å². The van der Waals surface area contributed by atoms with Gasteiger partial charge >= 0.3 is 0 Å². The molecule has 2 atom stereocenters. The number of piperazine rings is 1. The molecule has 2 unspecified atom stereocenters. The number of hydrogen-bond donors (Lipinski definition) is 1. The van der Waals surface area contributed by atoms with E-state index < -0.39 is 0 Å². The molecule has 3 nitrogen and oxygen atoms in total. The summed E-state index contributed by atoms with van der Waals surface area (Å²) in [6, 6.07) is 0.712. The first-order chi connectivity index (χ1) is 8.54. The Labute approximate surface area is 114 Å². The van der Waals surface area contributed by atoms with Crippen LogP contribution in [0.15, 0.2) is 0 Å². The Morgan fingerprint density at radius 2 is 1.94 bits per heavy atom. The van der Waals surface area contributed by atoms with Crippen molar-refractivity contribution in [2.45, 2.75) is 46.1 Å². The third-order valence-electron chi connectivity index (χ3n) is 4.57. The first kappa shape index (κ1) is 15.9. The lowest BCUT2D eigenvalue weighted by molar-refractivity contribution is 0.102. The molecule has 108 valence electrons. The van der Waals surface area contributed by atoms with Crippen molar-refractivity contribution < 1.29 is 0 Å². The summed E-state index contributed by atoms with van der Waals surface area (Å²) in [6.45, 7) is 12.8. The zero-order chi connectivity index (χ0) is 13.5. The van der Waals surface area contributed by atoms with E-state index in [0.717, 1.165) is 18.4 Å². The summed E-state index contributed by atoms with van der Waals surface area (Å²) in [4.78, 5) is 5.09. The van der Waals surface area contributed by atoms with Gasteiger partial charge in [0.15, 0.2) is 0 Å². The SMILES string of the molecule is CC(C)C(CCN)CCCN1CCN(C)C(C)C1. The summed E-state index contributed by atoms with van der Waals surface area (Å²) < 4.78 is 0. The summed E-state index contributed by atoms with van der Waals surface area (Å²) in [5, 5.41) is 0. The zero-order valence-corrected chi connectivity index (χ0v) is 12.9. The molecule has 0 aromatic rings. The number of likely N-dealkylation sites (N-methyl/N-ethyl adjacent to an activating group) is 1. The Balaban J connectivity index is 2.20. The second-order valence-corrected chi connectivity index (χ2v) is 6.35. The van der Waals surface area contributed by atoms with Gasteiger partial charge in [0.2, 0.25) is 0 Å². The highest BCUT2D eigenvalue weighted by molar-refractivity contribution is 4.77. The van der Waals surface area contributed by atoms with Crippen LogP contribution in [0, 0.1) is 11.8 Å². The molecule has 1 heterocycles. The third kappa shape index (κ3) is 5.25. The van der Waals surface area contributed by atoms with E-state index in [-0.39, 0.29) is 0 Å². The minimum atomic E-state index is 0.712. The Morgan fingerprint density at radius 1 is 1.22 bits per heavy atom. The highest BCUT2D eigenvalue weighted by Gasteiger charge is 2.20. The molecule has 0 aromatic heterocycles. The van der Waals surface area contributed by atoms with Gasteiger partial charge in [-0.15, -0.1) is 0 Å². The zero-order valence-electron chi connectivity index (χ0n) is 12.9. The Morgan fingerprint density at radius 3 is 2.50 bits per heavy atom. The van der Waals surface area contributed by atoms with Crippen molar-refractivity contribution >= 4 is 0 Å². The van der Waals surface area contributed by atoms with E-state index in [0.29, 0.717) is 6.04 Å². The van der Waals surface area contributed by atoms with Gasteiger partial charge in [-0.05, 0) is 58.2 Å². The van der Waals surface area contributed by atoms with Crippen molar-refractivity contribution in [2.75, 3.05) is 39.8 Å². The van der Waals surface area contributed by atoms with Crippen LogP contribution in [0.1, 0.15) is 40.0 Å². The normalized spacial score (nSPS) is 24.7. The Kier molecular flexibility index (Phi) is 7.20. The second-order valence-electron chi connectivity index (χ2n) is 6.35. The standard InChI is InChI=1S/C15H33N3/c1-13(2)15(7-8-16)6-5-9-18-11-10-17(4)14(3)12-18/h13-15H,5-12,16H2,1-4H3. The van der Waals surface area contributed by atoms with E-state index in [2.05, 4.69) is 37.6 Å². The van der Waals surface area contributed by atoms with Crippen LogP contribution < -0.4 is 5.73 Å². The molecule has 1 fully saturated rings. The van der Waals surface area contributed by atoms with Crippen LogP contribution in [-0.2, 0) is 0 Å². The molecule has 0 aromatic carbocycles. The molecule has 18 heavy (non-hydrogen) atoms. The average molecular weight is 255 g/mol. The monoisotopic (exact) mass is 255 g/mol. The van der Waals surface area contributed by atoms with Gasteiger partial charge in [0, 0.05) is 25.7 Å². The molecule has 0 radical (unpaired) electrons. The van der Waals surface area contributed by atoms with Crippen LogP contribution in [0.25, 0.3) is 0 Å². The lowest BCUT2D eigenvalue weighted by Gasteiger charge is -2.38. The number of nitrogens with two attached hydrogens (primary N) is 1. The maximum Gasteiger partial charge on any atom is 0.0192 e. The Hall–Kier alpha value is -0.120. The maximum atomic E-state index is 5.70. The van der Waals surface area contributed by atoms with Crippen molar-refractivity contribution in [1.29, 1.82) is 0 Å². The molecule has 0 saturated carbocycles. The molecule has 0 aliphatic carbocycles. The molecular weight excluding hydrogens is 222 g/mol. The van der Waals surface area contributed by atoms with Gasteiger partial charge in [0.1, 0.15) is 0 Å². The predicted octanol–water partition coefficient (Wildman–Crippen LogP) is 2.02. The quantitative estimate of drug-likeness (QED) is 0.755. The summed E-state index contributed by atoms with van der Waals surface area (Å²) in [6.07, 6.45) is 3.87. The smallest absolute Gasteiger partial charge is 0.0192 e. The number of rotatable bonds is 7. The molecule has 0 bridgehead atoms. The highest BCUT2D eigenvalue weighted by atomic mass is 15.3. The fourth-order valence-electron chi connectivity index (χ4n) is 2.93. The minimum absolute atomic E-state index is 0.712. The number of hydrogen-bond acceptors (Lipinski definition) is 3. The van der Waals surface area contributed by atoms with E-state index in [1.165, 1.54) is 45.4 Å². The lowest BCUT2D eigenvalue weighted by atomic mass is 9.88. The van der Waals surface area contributed by atoms with E-state index in [1.54, 1.807) is 0 Å². The van der Waals surface area contributed by atoms with E-state index in [1.807, 2.05) is 0 Å². The first-order valence-corrected chi connectivity index (χ1v) is 7.67. The molecule has 0 spiro atoms. The average Bonchev–Trinajstić information content (AvgIpc) is 2.32. The molecule has 2 N–H and O–H groups in total. The van der Waals surface area contributed by atoms with Gasteiger partial charge < -0.3 is 15.5 Å². The first-order valence-electron chi connectivity index (χ1n) is 7.67. The van der Waals surface area contributed by atoms with Gasteiger partial charge in [-0.25, -0.2) is 0 Å². The summed E-state index contributed by atoms with van der Waals surface area (Å²) in [5.41, 5.74) is 5.70. The maximum absolute atomic E-state index is 5.70. The van der Waals surface area contributed by atoms with Crippen molar-refractivity contribution in [1.82, 2.24) is 9.80 Å². The van der Waals surface area contributed by atoms with Gasteiger partial charge in [-0.3, -0.25) is 0 Å².